The number of ether oxygens (including phenoxy) is 1. The first-order valence-corrected chi connectivity index (χ1v) is 7.65. The number of methoxy groups -OCH3 is 1. The quantitative estimate of drug-likeness (QED) is 0.844. The van der Waals surface area contributed by atoms with Crippen LogP contribution in [0.15, 0.2) is 16.6 Å². The molecule has 0 atom stereocenters. The Morgan fingerprint density at radius 1 is 1.28 bits per heavy atom. The second kappa shape index (κ2) is 4.93. The maximum atomic E-state index is 6.13. The minimum atomic E-state index is 0.601. The topological polar surface area (TPSA) is 21.3 Å². The van der Waals surface area contributed by atoms with E-state index in [0.29, 0.717) is 6.04 Å². The van der Waals surface area contributed by atoms with Crippen molar-refractivity contribution in [3.8, 4) is 5.75 Å². The maximum absolute atomic E-state index is 6.13. The molecule has 0 aromatic heterocycles. The van der Waals surface area contributed by atoms with Gasteiger partial charge in [0.25, 0.3) is 0 Å². The lowest BCUT2D eigenvalue weighted by atomic mass is 10.1. The van der Waals surface area contributed by atoms with Gasteiger partial charge in [0.05, 0.1) is 17.3 Å². The minimum Gasteiger partial charge on any atom is -0.493 e. The van der Waals surface area contributed by atoms with Gasteiger partial charge in [-0.05, 0) is 65.6 Å². The average Bonchev–Trinajstić information content (AvgIpc) is 3.17. The van der Waals surface area contributed by atoms with Gasteiger partial charge < -0.3 is 10.1 Å². The Morgan fingerprint density at radius 3 is 2.39 bits per heavy atom. The molecule has 1 N–H and O–H groups in total. The molecule has 0 spiro atoms. The van der Waals surface area contributed by atoms with Crippen molar-refractivity contribution in [2.45, 2.75) is 31.7 Å². The minimum absolute atomic E-state index is 0.601. The number of nitrogens with one attached hydrogen (secondary N) is 1. The third kappa shape index (κ3) is 2.62. The zero-order valence-corrected chi connectivity index (χ0v) is 12.7. The second-order valence-corrected chi connectivity index (χ2v) is 6.60. The summed E-state index contributed by atoms with van der Waals surface area (Å²) in [6.45, 7) is 0. The van der Waals surface area contributed by atoms with Crippen molar-refractivity contribution < 1.29 is 4.74 Å². The summed E-state index contributed by atoms with van der Waals surface area (Å²) < 4.78 is 6.37. The molecule has 2 fully saturated rings. The van der Waals surface area contributed by atoms with E-state index in [4.69, 9.17) is 16.3 Å². The molecule has 0 aliphatic heterocycles. The van der Waals surface area contributed by atoms with Crippen LogP contribution in [-0.4, -0.2) is 13.2 Å². The molecule has 1 aromatic rings. The van der Waals surface area contributed by atoms with E-state index in [0.717, 1.165) is 32.8 Å². The lowest BCUT2D eigenvalue weighted by Crippen LogP contribution is -2.24. The third-order valence-corrected chi connectivity index (χ3v) is 4.60. The van der Waals surface area contributed by atoms with E-state index in [2.05, 4.69) is 21.2 Å². The van der Waals surface area contributed by atoms with Gasteiger partial charge in [0.15, 0.2) is 5.75 Å². The fourth-order valence-electron chi connectivity index (χ4n) is 2.59. The van der Waals surface area contributed by atoms with Crippen molar-refractivity contribution in [3.05, 3.63) is 21.6 Å². The summed E-state index contributed by atoms with van der Waals surface area (Å²) in [7, 11) is 1.70. The highest BCUT2D eigenvalue weighted by molar-refractivity contribution is 9.10. The van der Waals surface area contributed by atoms with Crippen LogP contribution in [0.3, 0.4) is 0 Å². The van der Waals surface area contributed by atoms with Crippen LogP contribution < -0.4 is 10.1 Å². The van der Waals surface area contributed by atoms with Crippen molar-refractivity contribution in [1.82, 2.24) is 0 Å². The van der Waals surface area contributed by atoms with Gasteiger partial charge in [0.2, 0.25) is 0 Å². The van der Waals surface area contributed by atoms with Crippen LogP contribution in [-0.2, 0) is 0 Å². The van der Waals surface area contributed by atoms with Gasteiger partial charge in [-0.15, -0.1) is 0 Å². The molecule has 2 nitrogen and oxygen atoms in total. The van der Waals surface area contributed by atoms with E-state index in [1.165, 1.54) is 25.7 Å². The zero-order chi connectivity index (χ0) is 12.7. The smallest absolute Gasteiger partial charge is 0.156 e. The van der Waals surface area contributed by atoms with Crippen molar-refractivity contribution in [3.63, 3.8) is 0 Å². The van der Waals surface area contributed by atoms with Crippen LogP contribution in [0.2, 0.25) is 5.02 Å². The molecule has 2 aliphatic rings. The fourth-order valence-corrected chi connectivity index (χ4v) is 3.56. The van der Waals surface area contributed by atoms with Crippen LogP contribution in [0.5, 0.6) is 5.75 Å². The molecule has 0 bridgehead atoms. The second-order valence-electron chi connectivity index (χ2n) is 5.31. The molecule has 0 unspecified atom stereocenters. The lowest BCUT2D eigenvalue weighted by Gasteiger charge is -2.21. The lowest BCUT2D eigenvalue weighted by molar-refractivity contribution is 0.412. The Bertz CT molecular complexity index is 445. The van der Waals surface area contributed by atoms with Crippen LogP contribution in [0, 0.1) is 11.8 Å². The molecule has 3 rings (SSSR count). The summed E-state index contributed by atoms with van der Waals surface area (Å²) in [6, 6.07) is 4.43. The highest BCUT2D eigenvalue weighted by Gasteiger charge is 2.41. The Balaban J connectivity index is 1.85. The first-order chi connectivity index (χ1) is 8.69. The zero-order valence-electron chi connectivity index (χ0n) is 10.4. The number of benzene rings is 1. The van der Waals surface area contributed by atoms with Gasteiger partial charge >= 0.3 is 0 Å². The van der Waals surface area contributed by atoms with Gasteiger partial charge in [-0.1, -0.05) is 11.6 Å². The van der Waals surface area contributed by atoms with Crippen molar-refractivity contribution >= 4 is 33.2 Å². The third-order valence-electron chi connectivity index (χ3n) is 3.79. The molecule has 98 valence electrons. The average molecular weight is 331 g/mol. The van der Waals surface area contributed by atoms with E-state index < -0.39 is 0 Å². The normalized spacial score (nSPS) is 19.1. The molecule has 0 heterocycles. The molecule has 0 radical (unpaired) electrons. The molecular formula is C14H17BrClNO. The first-order valence-electron chi connectivity index (χ1n) is 6.48. The van der Waals surface area contributed by atoms with Gasteiger partial charge in [-0.2, -0.15) is 0 Å². The Hall–Kier alpha value is -0.410. The van der Waals surface area contributed by atoms with Crippen LogP contribution >= 0.6 is 27.5 Å². The summed E-state index contributed by atoms with van der Waals surface area (Å²) in [5, 5.41) is 4.40. The van der Waals surface area contributed by atoms with Crippen molar-refractivity contribution in [2.75, 3.05) is 12.4 Å². The number of halogens is 2. The molecule has 0 amide bonds. The summed E-state index contributed by atoms with van der Waals surface area (Å²) in [4.78, 5) is 0. The van der Waals surface area contributed by atoms with Gasteiger partial charge in [0.1, 0.15) is 0 Å². The largest absolute Gasteiger partial charge is 0.493 e. The number of anilines is 1. The first kappa shape index (κ1) is 12.6. The van der Waals surface area contributed by atoms with Crippen LogP contribution in [0.4, 0.5) is 5.69 Å². The summed E-state index contributed by atoms with van der Waals surface area (Å²) >= 11 is 9.63. The predicted molar refractivity (Wildman–Crippen MR) is 78.6 cm³/mol. The highest BCUT2D eigenvalue weighted by atomic mass is 79.9. The monoisotopic (exact) mass is 329 g/mol. The van der Waals surface area contributed by atoms with Crippen LogP contribution in [0.25, 0.3) is 0 Å². The number of rotatable bonds is 5. The van der Waals surface area contributed by atoms with Crippen molar-refractivity contribution in [1.29, 1.82) is 0 Å². The molecule has 18 heavy (non-hydrogen) atoms. The van der Waals surface area contributed by atoms with E-state index >= 15 is 0 Å². The summed E-state index contributed by atoms with van der Waals surface area (Å²) in [5.74, 6) is 2.55. The molecule has 0 saturated heterocycles. The van der Waals surface area contributed by atoms with Crippen molar-refractivity contribution in [2.24, 2.45) is 11.8 Å². The number of hydrogen-bond acceptors (Lipinski definition) is 2. The molecule has 4 heteroatoms. The Morgan fingerprint density at radius 2 is 1.89 bits per heavy atom. The van der Waals surface area contributed by atoms with Gasteiger partial charge in [0, 0.05) is 11.1 Å². The Labute approximate surface area is 121 Å². The predicted octanol–water partition coefficient (Wildman–Crippen LogP) is 4.71. The molecular weight excluding hydrogens is 314 g/mol. The van der Waals surface area contributed by atoms with Gasteiger partial charge in [-0.3, -0.25) is 0 Å². The number of hydrogen-bond donors (Lipinski definition) is 1. The van der Waals surface area contributed by atoms with Gasteiger partial charge in [-0.25, -0.2) is 0 Å². The summed E-state index contributed by atoms with van der Waals surface area (Å²) in [5.41, 5.74) is 1.01. The highest BCUT2D eigenvalue weighted by Crippen LogP contribution is 2.47. The standard InChI is InChI=1S/C14H17BrClNO/c1-18-14-11(15)6-10(16)7-12(14)17-13(8-2-3-8)9-4-5-9/h6-9,13,17H,2-5H2,1H3. The van der Waals surface area contributed by atoms with Crippen LogP contribution in [0.1, 0.15) is 25.7 Å². The van der Waals surface area contributed by atoms with E-state index in [1.54, 1.807) is 7.11 Å². The summed E-state index contributed by atoms with van der Waals surface area (Å²) in [6.07, 6.45) is 5.44. The molecule has 2 aliphatic carbocycles. The Kier molecular flexibility index (Phi) is 3.46. The SMILES string of the molecule is COc1c(Br)cc(Cl)cc1NC(C1CC1)C1CC1. The fraction of sp³-hybridized carbons (Fsp3) is 0.571. The molecule has 1 aromatic carbocycles. The molecule has 2 saturated carbocycles. The van der Waals surface area contributed by atoms with E-state index in [9.17, 15) is 0 Å². The maximum Gasteiger partial charge on any atom is 0.156 e. The van der Waals surface area contributed by atoms with E-state index in [1.807, 2.05) is 12.1 Å². The van der Waals surface area contributed by atoms with E-state index in [-0.39, 0.29) is 0 Å².